The van der Waals surface area contributed by atoms with E-state index in [0.29, 0.717) is 11.7 Å². The number of hydrogen-bond acceptors (Lipinski definition) is 3. The molecule has 0 aliphatic rings. The summed E-state index contributed by atoms with van der Waals surface area (Å²) in [5.41, 5.74) is 2.41. The van der Waals surface area contributed by atoms with Crippen molar-refractivity contribution in [2.75, 3.05) is 6.26 Å². The average Bonchev–Trinajstić information content (AvgIpc) is 2.41. The highest BCUT2D eigenvalue weighted by Crippen LogP contribution is 2.29. The van der Waals surface area contributed by atoms with E-state index in [0.717, 1.165) is 18.2 Å². The summed E-state index contributed by atoms with van der Waals surface area (Å²) < 4.78 is 27.0. The first-order chi connectivity index (χ1) is 9.49. The van der Waals surface area contributed by atoms with Crippen LogP contribution in [0.25, 0.3) is 0 Å². The molecule has 4 heteroatoms. The molecule has 3 nitrogen and oxygen atoms in total. The Kier molecular flexibility index (Phi) is 4.45. The highest BCUT2D eigenvalue weighted by Gasteiger charge is 2.12. The number of benzene rings is 2. The smallest absolute Gasteiger partial charge is 0.306 e. The van der Waals surface area contributed by atoms with E-state index in [2.05, 4.69) is 19.1 Å². The monoisotopic (exact) mass is 290 g/mol. The molecular weight excluding hydrogens is 272 g/mol. The zero-order valence-corrected chi connectivity index (χ0v) is 12.4. The van der Waals surface area contributed by atoms with E-state index in [4.69, 9.17) is 4.18 Å². The molecule has 0 spiro atoms. The molecule has 0 radical (unpaired) electrons. The molecular formula is C16H18O3S. The van der Waals surface area contributed by atoms with Crippen LogP contribution in [0.5, 0.6) is 5.75 Å². The van der Waals surface area contributed by atoms with Crippen LogP contribution in [0.1, 0.15) is 30.4 Å². The molecule has 0 aliphatic carbocycles. The lowest BCUT2D eigenvalue weighted by atomic mass is 9.89. The van der Waals surface area contributed by atoms with Gasteiger partial charge in [-0.1, -0.05) is 49.4 Å². The van der Waals surface area contributed by atoms with Gasteiger partial charge in [-0.2, -0.15) is 8.42 Å². The highest BCUT2D eigenvalue weighted by molar-refractivity contribution is 7.86. The Balaban J connectivity index is 2.24. The van der Waals surface area contributed by atoms with Crippen LogP contribution in [0, 0.1) is 0 Å². The van der Waals surface area contributed by atoms with Gasteiger partial charge < -0.3 is 4.18 Å². The molecule has 0 N–H and O–H groups in total. The minimum atomic E-state index is -3.47. The Bertz CT molecular complexity index is 646. The van der Waals surface area contributed by atoms with Crippen LogP contribution in [0.15, 0.2) is 54.6 Å². The molecule has 0 amide bonds. The molecule has 1 atom stereocenters. The lowest BCUT2D eigenvalue weighted by Crippen LogP contribution is -2.06. The van der Waals surface area contributed by atoms with Crippen LogP contribution in [-0.2, 0) is 10.1 Å². The molecule has 2 rings (SSSR count). The predicted molar refractivity (Wildman–Crippen MR) is 80.5 cm³/mol. The summed E-state index contributed by atoms with van der Waals surface area (Å²) in [7, 11) is -3.47. The van der Waals surface area contributed by atoms with Crippen LogP contribution in [0.2, 0.25) is 0 Å². The van der Waals surface area contributed by atoms with Crippen molar-refractivity contribution in [3.8, 4) is 5.75 Å². The summed E-state index contributed by atoms with van der Waals surface area (Å²) in [5.74, 6) is 0.655. The Morgan fingerprint density at radius 1 is 0.950 bits per heavy atom. The SMILES string of the molecule is CCC(c1ccccc1)c1ccc(OS(C)(=O)=O)cc1. The van der Waals surface area contributed by atoms with Crippen LogP contribution in [0.4, 0.5) is 0 Å². The van der Waals surface area contributed by atoms with Crippen molar-refractivity contribution in [2.24, 2.45) is 0 Å². The molecule has 0 fully saturated rings. The van der Waals surface area contributed by atoms with E-state index >= 15 is 0 Å². The second-order valence-electron chi connectivity index (χ2n) is 4.73. The van der Waals surface area contributed by atoms with Crippen molar-refractivity contribution in [1.82, 2.24) is 0 Å². The van der Waals surface area contributed by atoms with Crippen LogP contribution in [0.3, 0.4) is 0 Å². The maximum Gasteiger partial charge on any atom is 0.306 e. The van der Waals surface area contributed by atoms with E-state index < -0.39 is 10.1 Å². The largest absolute Gasteiger partial charge is 0.383 e. The van der Waals surface area contributed by atoms with E-state index in [1.54, 1.807) is 12.1 Å². The number of rotatable bonds is 5. The predicted octanol–water partition coefficient (Wildman–Crippen LogP) is 3.57. The van der Waals surface area contributed by atoms with Crippen molar-refractivity contribution in [3.05, 3.63) is 65.7 Å². The summed E-state index contributed by atoms with van der Waals surface area (Å²) in [6, 6.07) is 17.5. The first-order valence-corrected chi connectivity index (χ1v) is 8.35. The average molecular weight is 290 g/mol. The Morgan fingerprint density at radius 3 is 2.00 bits per heavy atom. The zero-order valence-electron chi connectivity index (χ0n) is 11.6. The van der Waals surface area contributed by atoms with Crippen molar-refractivity contribution < 1.29 is 12.6 Å². The summed E-state index contributed by atoms with van der Waals surface area (Å²) >= 11 is 0. The minimum absolute atomic E-state index is 0.309. The molecule has 1 unspecified atom stereocenters. The summed E-state index contributed by atoms with van der Waals surface area (Å²) in [6.45, 7) is 2.14. The van der Waals surface area contributed by atoms with Gasteiger partial charge in [0.05, 0.1) is 6.26 Å². The van der Waals surface area contributed by atoms with Gasteiger partial charge in [-0.3, -0.25) is 0 Å². The molecule has 0 heterocycles. The van der Waals surface area contributed by atoms with Gasteiger partial charge in [0, 0.05) is 5.92 Å². The molecule has 20 heavy (non-hydrogen) atoms. The fourth-order valence-corrected chi connectivity index (χ4v) is 2.74. The Morgan fingerprint density at radius 2 is 1.50 bits per heavy atom. The van der Waals surface area contributed by atoms with Gasteiger partial charge in [-0.15, -0.1) is 0 Å². The molecule has 0 aliphatic heterocycles. The van der Waals surface area contributed by atoms with Gasteiger partial charge in [-0.25, -0.2) is 0 Å². The maximum atomic E-state index is 11.1. The third kappa shape index (κ3) is 3.84. The van der Waals surface area contributed by atoms with Gasteiger partial charge >= 0.3 is 10.1 Å². The van der Waals surface area contributed by atoms with E-state index in [-0.39, 0.29) is 0 Å². The number of hydrogen-bond donors (Lipinski definition) is 0. The van der Waals surface area contributed by atoms with E-state index in [9.17, 15) is 8.42 Å². The minimum Gasteiger partial charge on any atom is -0.383 e. The van der Waals surface area contributed by atoms with Crippen LogP contribution in [-0.4, -0.2) is 14.7 Å². The molecule has 0 aromatic heterocycles. The third-order valence-corrected chi connectivity index (χ3v) is 3.64. The molecule has 0 bridgehead atoms. The second-order valence-corrected chi connectivity index (χ2v) is 6.30. The Labute approximate surface area is 120 Å². The first-order valence-electron chi connectivity index (χ1n) is 6.54. The molecule has 2 aromatic rings. The van der Waals surface area contributed by atoms with Gasteiger partial charge in [0.2, 0.25) is 0 Å². The standard InChI is InChI=1S/C16H18O3S/c1-3-16(13-7-5-4-6-8-13)14-9-11-15(12-10-14)19-20(2,17)18/h4-12,16H,3H2,1-2H3. The topological polar surface area (TPSA) is 43.4 Å². The van der Waals surface area contributed by atoms with Crippen molar-refractivity contribution in [2.45, 2.75) is 19.3 Å². The fourth-order valence-electron chi connectivity index (χ4n) is 2.28. The fraction of sp³-hybridized carbons (Fsp3) is 0.250. The molecule has 2 aromatic carbocycles. The Hall–Kier alpha value is -1.81. The maximum absolute atomic E-state index is 11.1. The molecule has 106 valence electrons. The third-order valence-electron chi connectivity index (χ3n) is 3.14. The van der Waals surface area contributed by atoms with Crippen molar-refractivity contribution in [1.29, 1.82) is 0 Å². The normalized spacial score (nSPS) is 12.9. The van der Waals surface area contributed by atoms with Crippen LogP contribution >= 0.6 is 0 Å². The zero-order chi connectivity index (χ0) is 14.6. The van der Waals surface area contributed by atoms with Crippen molar-refractivity contribution >= 4 is 10.1 Å². The van der Waals surface area contributed by atoms with E-state index in [1.807, 2.05) is 30.3 Å². The van der Waals surface area contributed by atoms with E-state index in [1.165, 1.54) is 5.56 Å². The highest BCUT2D eigenvalue weighted by atomic mass is 32.2. The molecule has 0 saturated carbocycles. The van der Waals surface area contributed by atoms with Crippen LogP contribution < -0.4 is 4.18 Å². The van der Waals surface area contributed by atoms with Gasteiger partial charge in [0.25, 0.3) is 0 Å². The lowest BCUT2D eigenvalue weighted by Gasteiger charge is -2.16. The summed E-state index contributed by atoms with van der Waals surface area (Å²) in [6.07, 6.45) is 2.02. The summed E-state index contributed by atoms with van der Waals surface area (Å²) in [4.78, 5) is 0. The van der Waals surface area contributed by atoms with Gasteiger partial charge in [-0.05, 0) is 29.7 Å². The first kappa shape index (κ1) is 14.6. The van der Waals surface area contributed by atoms with Gasteiger partial charge in [0.1, 0.15) is 5.75 Å². The van der Waals surface area contributed by atoms with Crippen molar-refractivity contribution in [3.63, 3.8) is 0 Å². The second kappa shape index (κ2) is 6.09. The lowest BCUT2D eigenvalue weighted by molar-refractivity contribution is 0.493. The molecule has 0 saturated heterocycles. The quantitative estimate of drug-likeness (QED) is 0.791. The summed E-state index contributed by atoms with van der Waals surface area (Å²) in [5, 5.41) is 0. The van der Waals surface area contributed by atoms with Gasteiger partial charge in [0.15, 0.2) is 0 Å².